The quantitative estimate of drug-likeness (QED) is 0.946. The van der Waals surface area contributed by atoms with E-state index >= 15 is 0 Å². The zero-order chi connectivity index (χ0) is 15.5. The Balaban J connectivity index is 1.90. The topological polar surface area (TPSA) is 50.2 Å². The number of rotatable bonds is 3. The monoisotopic (exact) mass is 298 g/mol. The van der Waals surface area contributed by atoms with Gasteiger partial charge < -0.3 is 10.2 Å². The molecule has 1 aromatic heterocycles. The van der Waals surface area contributed by atoms with Crippen molar-refractivity contribution >= 4 is 6.03 Å². The maximum absolute atomic E-state index is 12.3. The number of carbonyl (C=O) groups excluding carboxylic acids is 1. The van der Waals surface area contributed by atoms with Gasteiger partial charge in [0.15, 0.2) is 0 Å². The van der Waals surface area contributed by atoms with E-state index in [0.29, 0.717) is 19.6 Å². The molecule has 1 atom stereocenters. The standard InChI is InChI=1S/C17H22N4O/c1-3-8-18-17(22)21-11-13-6-4-5-7-15(13)16(12-21)14-9-19-20(2)10-14/h4-7,9-10,16H,3,8,11-12H2,1-2H3,(H,18,22). The van der Waals surface area contributed by atoms with Crippen molar-refractivity contribution in [3.63, 3.8) is 0 Å². The first-order chi connectivity index (χ1) is 10.7. The van der Waals surface area contributed by atoms with Crippen molar-refractivity contribution in [2.75, 3.05) is 13.1 Å². The van der Waals surface area contributed by atoms with E-state index in [4.69, 9.17) is 0 Å². The minimum atomic E-state index is 0.0187. The number of aromatic nitrogens is 2. The summed E-state index contributed by atoms with van der Waals surface area (Å²) in [6.45, 7) is 4.14. The van der Waals surface area contributed by atoms with Crippen molar-refractivity contribution in [3.8, 4) is 0 Å². The number of benzene rings is 1. The molecule has 2 amide bonds. The Morgan fingerprint density at radius 3 is 2.95 bits per heavy atom. The molecular weight excluding hydrogens is 276 g/mol. The predicted molar refractivity (Wildman–Crippen MR) is 85.6 cm³/mol. The molecule has 3 rings (SSSR count). The summed E-state index contributed by atoms with van der Waals surface area (Å²) in [5.74, 6) is 0.186. The number of fused-ring (bicyclic) bond motifs is 1. The van der Waals surface area contributed by atoms with Crippen LogP contribution in [-0.2, 0) is 13.6 Å². The number of amides is 2. The molecule has 0 saturated carbocycles. The average Bonchev–Trinajstić information content (AvgIpc) is 2.97. The zero-order valence-electron chi connectivity index (χ0n) is 13.1. The van der Waals surface area contributed by atoms with E-state index in [2.05, 4.69) is 35.5 Å². The number of aryl methyl sites for hydroxylation is 1. The minimum Gasteiger partial charge on any atom is -0.338 e. The predicted octanol–water partition coefficient (Wildman–Crippen LogP) is 2.49. The Morgan fingerprint density at radius 1 is 1.41 bits per heavy atom. The Labute approximate surface area is 130 Å². The van der Waals surface area contributed by atoms with E-state index < -0.39 is 0 Å². The van der Waals surface area contributed by atoms with E-state index in [1.165, 1.54) is 11.1 Å². The maximum atomic E-state index is 12.3. The molecule has 0 bridgehead atoms. The lowest BCUT2D eigenvalue weighted by atomic mass is 9.86. The van der Waals surface area contributed by atoms with Gasteiger partial charge in [-0.2, -0.15) is 5.10 Å². The van der Waals surface area contributed by atoms with Crippen LogP contribution in [0.1, 0.15) is 36.0 Å². The number of carbonyl (C=O) groups is 1. The molecule has 1 unspecified atom stereocenters. The van der Waals surface area contributed by atoms with Gasteiger partial charge in [-0.25, -0.2) is 4.79 Å². The Morgan fingerprint density at radius 2 is 2.23 bits per heavy atom. The second-order valence-electron chi connectivity index (χ2n) is 5.81. The van der Waals surface area contributed by atoms with Gasteiger partial charge in [-0.1, -0.05) is 31.2 Å². The fourth-order valence-corrected chi connectivity index (χ4v) is 3.01. The summed E-state index contributed by atoms with van der Waals surface area (Å²) in [6, 6.07) is 8.39. The first-order valence-corrected chi connectivity index (χ1v) is 7.78. The first-order valence-electron chi connectivity index (χ1n) is 7.78. The van der Waals surface area contributed by atoms with Crippen LogP contribution in [0.4, 0.5) is 4.79 Å². The largest absolute Gasteiger partial charge is 0.338 e. The molecule has 0 radical (unpaired) electrons. The Hall–Kier alpha value is -2.30. The molecule has 0 aliphatic carbocycles. The van der Waals surface area contributed by atoms with Gasteiger partial charge in [-0.05, 0) is 23.1 Å². The van der Waals surface area contributed by atoms with Crippen LogP contribution in [0.5, 0.6) is 0 Å². The van der Waals surface area contributed by atoms with Crippen LogP contribution >= 0.6 is 0 Å². The van der Waals surface area contributed by atoms with Crippen LogP contribution in [0, 0.1) is 0 Å². The fraction of sp³-hybridized carbons (Fsp3) is 0.412. The van der Waals surface area contributed by atoms with Crippen LogP contribution < -0.4 is 5.32 Å². The van der Waals surface area contributed by atoms with Crippen LogP contribution in [-0.4, -0.2) is 33.8 Å². The maximum Gasteiger partial charge on any atom is 0.317 e. The summed E-state index contributed by atoms with van der Waals surface area (Å²) < 4.78 is 1.81. The second kappa shape index (κ2) is 6.22. The van der Waals surface area contributed by atoms with Gasteiger partial charge in [0, 0.05) is 38.8 Å². The molecule has 116 valence electrons. The Kier molecular flexibility index (Phi) is 4.13. The van der Waals surface area contributed by atoms with Gasteiger partial charge in [-0.15, -0.1) is 0 Å². The molecule has 0 fully saturated rings. The molecule has 1 aliphatic heterocycles. The number of hydrogen-bond acceptors (Lipinski definition) is 2. The van der Waals surface area contributed by atoms with Crippen LogP contribution in [0.15, 0.2) is 36.7 Å². The van der Waals surface area contributed by atoms with E-state index in [1.54, 1.807) is 0 Å². The lowest BCUT2D eigenvalue weighted by molar-refractivity contribution is 0.189. The van der Waals surface area contributed by atoms with Gasteiger partial charge in [0.2, 0.25) is 0 Å². The molecule has 2 heterocycles. The SMILES string of the molecule is CCCNC(=O)N1Cc2ccccc2C(c2cnn(C)c2)C1. The summed E-state index contributed by atoms with van der Waals surface area (Å²) in [6.07, 6.45) is 4.88. The summed E-state index contributed by atoms with van der Waals surface area (Å²) in [7, 11) is 1.92. The molecule has 1 N–H and O–H groups in total. The number of nitrogens with one attached hydrogen (secondary N) is 1. The van der Waals surface area contributed by atoms with E-state index in [1.807, 2.05) is 35.1 Å². The van der Waals surface area contributed by atoms with Gasteiger partial charge in [-0.3, -0.25) is 4.68 Å². The van der Waals surface area contributed by atoms with Crippen molar-refractivity contribution in [1.29, 1.82) is 0 Å². The van der Waals surface area contributed by atoms with Crippen LogP contribution in [0.3, 0.4) is 0 Å². The highest BCUT2D eigenvalue weighted by Gasteiger charge is 2.29. The van der Waals surface area contributed by atoms with Gasteiger partial charge in [0.1, 0.15) is 0 Å². The highest BCUT2D eigenvalue weighted by Crippen LogP contribution is 2.33. The smallest absolute Gasteiger partial charge is 0.317 e. The lowest BCUT2D eigenvalue weighted by Gasteiger charge is -2.34. The van der Waals surface area contributed by atoms with Crippen LogP contribution in [0.2, 0.25) is 0 Å². The van der Waals surface area contributed by atoms with Gasteiger partial charge in [0.25, 0.3) is 0 Å². The van der Waals surface area contributed by atoms with Crippen molar-refractivity contribution in [2.24, 2.45) is 7.05 Å². The second-order valence-corrected chi connectivity index (χ2v) is 5.81. The minimum absolute atomic E-state index is 0.0187. The van der Waals surface area contributed by atoms with Crippen molar-refractivity contribution in [1.82, 2.24) is 20.0 Å². The molecule has 0 saturated heterocycles. The molecule has 2 aromatic rings. The highest BCUT2D eigenvalue weighted by molar-refractivity contribution is 5.74. The lowest BCUT2D eigenvalue weighted by Crippen LogP contribution is -2.44. The normalized spacial score (nSPS) is 17.2. The van der Waals surface area contributed by atoms with Gasteiger partial charge in [0.05, 0.1) is 6.20 Å². The number of nitrogens with zero attached hydrogens (tertiary/aromatic N) is 3. The molecule has 5 nitrogen and oxygen atoms in total. The van der Waals surface area contributed by atoms with Crippen LogP contribution in [0.25, 0.3) is 0 Å². The molecule has 1 aliphatic rings. The molecule has 0 spiro atoms. The third-order valence-electron chi connectivity index (χ3n) is 4.14. The molecule has 22 heavy (non-hydrogen) atoms. The number of hydrogen-bond donors (Lipinski definition) is 1. The van der Waals surface area contributed by atoms with Crippen molar-refractivity contribution < 1.29 is 4.79 Å². The molecule has 1 aromatic carbocycles. The van der Waals surface area contributed by atoms with Crippen molar-refractivity contribution in [3.05, 3.63) is 53.3 Å². The first kappa shape index (κ1) is 14.6. The summed E-state index contributed by atoms with van der Waals surface area (Å²) in [4.78, 5) is 14.2. The molecular formula is C17H22N4O. The third kappa shape index (κ3) is 2.84. The Bertz CT molecular complexity index is 664. The zero-order valence-corrected chi connectivity index (χ0v) is 13.1. The van der Waals surface area contributed by atoms with E-state index in [-0.39, 0.29) is 11.9 Å². The number of urea groups is 1. The molecule has 5 heteroatoms. The third-order valence-corrected chi connectivity index (χ3v) is 4.14. The average molecular weight is 298 g/mol. The summed E-state index contributed by atoms with van der Waals surface area (Å²) in [5.41, 5.74) is 3.67. The summed E-state index contributed by atoms with van der Waals surface area (Å²) >= 11 is 0. The van der Waals surface area contributed by atoms with E-state index in [0.717, 1.165) is 12.0 Å². The highest BCUT2D eigenvalue weighted by atomic mass is 16.2. The fourth-order valence-electron chi connectivity index (χ4n) is 3.01. The van der Waals surface area contributed by atoms with Crippen molar-refractivity contribution in [2.45, 2.75) is 25.8 Å². The van der Waals surface area contributed by atoms with Gasteiger partial charge >= 0.3 is 6.03 Å². The summed E-state index contributed by atoms with van der Waals surface area (Å²) in [5, 5.41) is 7.26. The van der Waals surface area contributed by atoms with E-state index in [9.17, 15) is 4.79 Å².